The molecule has 0 amide bonds. The van der Waals surface area contributed by atoms with Gasteiger partial charge in [-0.2, -0.15) is 0 Å². The molecule has 0 radical (unpaired) electrons. The van der Waals surface area contributed by atoms with Gasteiger partial charge in [0.1, 0.15) is 0 Å². The van der Waals surface area contributed by atoms with E-state index < -0.39 is 0 Å². The quantitative estimate of drug-likeness (QED) is 0.135. The van der Waals surface area contributed by atoms with Gasteiger partial charge in [-0.3, -0.25) is 0 Å². The Balaban J connectivity index is 0.000000176. The molecule has 0 spiro atoms. The lowest BCUT2D eigenvalue weighted by Crippen LogP contribution is -2.13. The van der Waals surface area contributed by atoms with Gasteiger partial charge in [-0.25, -0.2) is 0 Å². The van der Waals surface area contributed by atoms with Crippen molar-refractivity contribution >= 4 is 133 Å². The largest absolute Gasteiger partial charge is 0.354 e. The Hall–Kier alpha value is -6.06. The summed E-state index contributed by atoms with van der Waals surface area (Å²) >= 11 is 20.9. The molecule has 0 aliphatic rings. The molecule has 0 aliphatic heterocycles. The summed E-state index contributed by atoms with van der Waals surface area (Å²) in [4.78, 5) is 2.28. The summed E-state index contributed by atoms with van der Waals surface area (Å²) < 4.78 is 3.80. The number of anilines is 9. The summed E-state index contributed by atoms with van der Waals surface area (Å²) in [6.07, 6.45) is 0. The fourth-order valence-electron chi connectivity index (χ4n) is 8.74. The monoisotopic (exact) mass is 1160 g/mol. The number of fused-ring (bicyclic) bond motifs is 2. The van der Waals surface area contributed by atoms with Crippen LogP contribution in [0.2, 0.25) is 10.0 Å². The lowest BCUT2D eigenvalue weighted by atomic mass is 9.87. The Kier molecular flexibility index (Phi) is 17.7. The van der Waals surface area contributed by atoms with E-state index in [4.69, 9.17) is 23.2 Å². The van der Waals surface area contributed by atoms with Crippen LogP contribution in [0.4, 0.5) is 51.2 Å². The van der Waals surface area contributed by atoms with Crippen LogP contribution in [0.3, 0.4) is 0 Å². The van der Waals surface area contributed by atoms with Gasteiger partial charge < -0.3 is 20.9 Å². The first kappa shape index (κ1) is 57.1. The molecule has 0 unspecified atom stereocenters. The minimum absolute atomic E-state index is 0.0858. The van der Waals surface area contributed by atoms with Crippen molar-refractivity contribution in [3.8, 4) is 0 Å². The summed E-state index contributed by atoms with van der Waals surface area (Å²) in [7, 11) is 0. The molecule has 0 bridgehead atoms. The maximum absolute atomic E-state index is 7.18. The van der Waals surface area contributed by atoms with E-state index in [-0.39, 0.29) is 21.7 Å². The lowest BCUT2D eigenvalue weighted by molar-refractivity contribution is 0.590. The van der Waals surface area contributed by atoms with E-state index in [9.17, 15) is 0 Å². The minimum atomic E-state index is 0.0858. The molecule has 0 fully saturated rings. The molecule has 0 saturated carbocycles. The highest BCUT2D eigenvalue weighted by Gasteiger charge is 2.23. The molecule has 10 aromatic rings. The first-order valence-electron chi connectivity index (χ1n) is 26.1. The van der Waals surface area contributed by atoms with Gasteiger partial charge in [-0.05, 0) is 145 Å². The van der Waals surface area contributed by atoms with E-state index in [1.165, 1.54) is 46.9 Å². The zero-order chi connectivity index (χ0) is 55.3. The second kappa shape index (κ2) is 23.9. The van der Waals surface area contributed by atoms with Gasteiger partial charge in [0, 0.05) is 58.2 Å². The Morgan fingerprint density at radius 1 is 0.364 bits per heavy atom. The van der Waals surface area contributed by atoms with Gasteiger partial charge >= 0.3 is 0 Å². The minimum Gasteiger partial charge on any atom is -0.354 e. The van der Waals surface area contributed by atoms with Gasteiger partial charge in [-0.15, -0.1) is 22.7 Å². The van der Waals surface area contributed by atoms with E-state index in [0.717, 1.165) is 51.2 Å². The Morgan fingerprint density at radius 3 is 1.13 bits per heavy atom. The second-order valence-corrected chi connectivity index (χ2v) is 26.9. The van der Waals surface area contributed by atoms with Crippen LogP contribution in [-0.2, 0) is 21.7 Å². The normalized spacial score (nSPS) is 11.8. The summed E-state index contributed by atoms with van der Waals surface area (Å²) in [6, 6.07) is 63.6. The zero-order valence-electron chi connectivity index (χ0n) is 46.4. The molecule has 396 valence electrons. The van der Waals surface area contributed by atoms with Gasteiger partial charge in [0.2, 0.25) is 0 Å². The molecule has 9 heteroatoms. The van der Waals surface area contributed by atoms with Crippen molar-refractivity contribution in [3.63, 3.8) is 0 Å². The third kappa shape index (κ3) is 14.4. The molecule has 0 aliphatic carbocycles. The molecular weight excluding hydrogens is 1090 g/mol. The number of thiophene rings is 2. The predicted octanol–water partition coefficient (Wildman–Crippen LogP) is 23.4. The molecule has 0 saturated heterocycles. The molecule has 4 nitrogen and oxygen atoms in total. The highest BCUT2D eigenvalue weighted by Crippen LogP contribution is 2.47. The Morgan fingerprint density at radius 2 is 0.714 bits per heavy atom. The van der Waals surface area contributed by atoms with Crippen molar-refractivity contribution in [3.05, 3.63) is 230 Å². The van der Waals surface area contributed by atoms with Gasteiger partial charge in [0.15, 0.2) is 0 Å². The van der Waals surface area contributed by atoms with E-state index in [1.807, 2.05) is 24.3 Å². The predicted molar refractivity (Wildman–Crippen MR) is 346 cm³/mol. The van der Waals surface area contributed by atoms with Crippen molar-refractivity contribution in [1.29, 1.82) is 0 Å². The van der Waals surface area contributed by atoms with Crippen LogP contribution in [0.1, 0.15) is 105 Å². The third-order valence-electron chi connectivity index (χ3n) is 13.4. The lowest BCUT2D eigenvalue weighted by Gasteiger charge is -2.28. The molecule has 2 heterocycles. The molecule has 2 aromatic heterocycles. The van der Waals surface area contributed by atoms with Crippen molar-refractivity contribution < 1.29 is 0 Å². The first-order valence-corrected chi connectivity index (χ1v) is 29.4. The van der Waals surface area contributed by atoms with Crippen molar-refractivity contribution in [1.82, 2.24) is 0 Å². The molecule has 3 N–H and O–H groups in total. The second-order valence-electron chi connectivity index (χ2n) is 23.5. The summed E-state index contributed by atoms with van der Waals surface area (Å²) in [6.45, 7) is 26.7. The first-order chi connectivity index (χ1) is 36.4. The van der Waals surface area contributed by atoms with Crippen LogP contribution in [0.15, 0.2) is 197 Å². The summed E-state index contributed by atoms with van der Waals surface area (Å²) in [5.41, 5.74) is 14.5. The number of hydrogen-bond acceptors (Lipinski definition) is 6. The summed E-state index contributed by atoms with van der Waals surface area (Å²) in [5.74, 6) is 0. The number of nitrogens with one attached hydrogen (secondary N) is 3. The number of benzene rings is 8. The van der Waals surface area contributed by atoms with Crippen LogP contribution in [0.25, 0.3) is 20.2 Å². The molecular formula is C68H71BrCl2N4S2. The molecule has 10 rings (SSSR count). The smallest absolute Gasteiger partial charge is 0.0881 e. The number of nitrogens with zero attached hydrogens (tertiary/aromatic N) is 1. The molecule has 77 heavy (non-hydrogen) atoms. The van der Waals surface area contributed by atoms with E-state index in [2.05, 4.69) is 288 Å². The summed E-state index contributed by atoms with van der Waals surface area (Å²) in [5, 5.41) is 18.6. The Labute approximate surface area is 484 Å². The van der Waals surface area contributed by atoms with Crippen molar-refractivity contribution in [2.75, 3.05) is 20.9 Å². The van der Waals surface area contributed by atoms with E-state index >= 15 is 0 Å². The number of halogens is 3. The van der Waals surface area contributed by atoms with Crippen LogP contribution in [-0.4, -0.2) is 0 Å². The highest BCUT2D eigenvalue weighted by molar-refractivity contribution is 9.10. The van der Waals surface area contributed by atoms with Gasteiger partial charge in [0.05, 0.1) is 38.5 Å². The maximum Gasteiger partial charge on any atom is 0.0881 e. The van der Waals surface area contributed by atoms with Crippen LogP contribution >= 0.6 is 61.8 Å². The SMILES string of the molecule is Brc1csc2ccccc12.CC(C)(C)c1ccc(Nc2cccc(N(c3ccc(C(C)(C)C)cc3)c3csc4ccccc34)c2Cl)cc1.CC(C)(C)c1ccc(Nc2cccc(Nc3ccc(C(C)(C)C)cc3)c2Cl)cc1. The van der Waals surface area contributed by atoms with Crippen molar-refractivity contribution in [2.45, 2.75) is 105 Å². The zero-order valence-corrected chi connectivity index (χ0v) is 51.1. The van der Waals surface area contributed by atoms with Gasteiger partial charge in [0.25, 0.3) is 0 Å². The Bertz CT molecular complexity index is 3480. The molecule has 0 atom stereocenters. The number of rotatable bonds is 9. The van der Waals surface area contributed by atoms with Crippen LogP contribution in [0.5, 0.6) is 0 Å². The van der Waals surface area contributed by atoms with E-state index in [0.29, 0.717) is 10.0 Å². The average molecular weight is 1160 g/mol. The van der Waals surface area contributed by atoms with Crippen LogP contribution in [0, 0.1) is 0 Å². The average Bonchev–Trinajstić information content (AvgIpc) is 4.05. The fourth-order valence-corrected chi connectivity index (χ4v) is 11.7. The van der Waals surface area contributed by atoms with E-state index in [1.54, 1.807) is 22.7 Å². The maximum atomic E-state index is 7.18. The van der Waals surface area contributed by atoms with Crippen molar-refractivity contribution in [2.24, 2.45) is 0 Å². The highest BCUT2D eigenvalue weighted by atomic mass is 79.9. The topological polar surface area (TPSA) is 39.3 Å². The number of hydrogen-bond donors (Lipinski definition) is 3. The fraction of sp³-hybridized carbons (Fsp3) is 0.235. The van der Waals surface area contributed by atoms with Crippen LogP contribution < -0.4 is 20.9 Å². The standard InChI is InChI=1S/C34H35ClN2S.C26H31ClN2.C8H5BrS/c1-33(2,3)23-14-18-25(19-15-23)36-28-11-9-12-29(32(28)35)37(26-20-16-24(17-21-26)34(4,5)6)30-22-38-31-13-8-7-10-27(30)31;1-25(2,3)18-10-14-20(15-11-18)28-22-8-7-9-23(24(22)27)29-21-16-12-19(13-17-21)26(4,5)6;9-7-5-10-8-4-2-1-3-6(7)8/h7-22,36H,1-6H3;7-17,28-29H,1-6H3;1-5H. The van der Waals surface area contributed by atoms with Gasteiger partial charge in [-0.1, -0.05) is 203 Å². The molecule has 8 aromatic carbocycles. The third-order valence-corrected chi connectivity index (χ3v) is 17.1.